The summed E-state index contributed by atoms with van der Waals surface area (Å²) in [5, 5.41) is 2.92. The molecule has 0 saturated carbocycles. The zero-order chi connectivity index (χ0) is 12.5. The van der Waals surface area contributed by atoms with Crippen LogP contribution in [0.15, 0.2) is 24.3 Å². The van der Waals surface area contributed by atoms with Gasteiger partial charge in [-0.25, -0.2) is 0 Å². The lowest BCUT2D eigenvalue weighted by Crippen LogP contribution is -2.12. The van der Waals surface area contributed by atoms with Gasteiger partial charge in [0, 0.05) is 17.9 Å². The quantitative estimate of drug-likeness (QED) is 0.748. The lowest BCUT2D eigenvalue weighted by Gasteiger charge is -2.06. The molecule has 0 aliphatic heterocycles. The number of nitrogens with one attached hydrogen (secondary N) is 1. The van der Waals surface area contributed by atoms with Gasteiger partial charge in [0.05, 0.1) is 0 Å². The zero-order valence-corrected chi connectivity index (χ0v) is 11.5. The van der Waals surface area contributed by atoms with Gasteiger partial charge in [-0.1, -0.05) is 32.4 Å². The minimum atomic E-state index is 0.106. The molecule has 0 atom stereocenters. The molecule has 0 unspecified atom stereocenters. The van der Waals surface area contributed by atoms with Crippen LogP contribution in [0.1, 0.15) is 32.3 Å². The van der Waals surface area contributed by atoms with E-state index in [1.54, 1.807) is 11.8 Å². The summed E-state index contributed by atoms with van der Waals surface area (Å²) in [6.07, 6.45) is 2.84. The number of hydrogen-bond acceptors (Lipinski definition) is 2. The van der Waals surface area contributed by atoms with Crippen molar-refractivity contribution >= 4 is 23.4 Å². The van der Waals surface area contributed by atoms with E-state index in [1.165, 1.54) is 5.56 Å². The number of amides is 1. The number of rotatable bonds is 7. The van der Waals surface area contributed by atoms with Gasteiger partial charge in [0.2, 0.25) is 5.91 Å². The highest BCUT2D eigenvalue weighted by molar-refractivity contribution is 7.99. The standard InChI is InChI=1S/C14H21NOS/c1-3-5-12-6-8-13(9-7-12)15-14(16)10-11-17-4-2/h6-9H,3-5,10-11H2,1-2H3,(H,15,16). The fourth-order valence-electron chi connectivity index (χ4n) is 1.58. The first-order chi connectivity index (χ1) is 8.26. The van der Waals surface area contributed by atoms with Crippen molar-refractivity contribution in [2.24, 2.45) is 0 Å². The Morgan fingerprint density at radius 3 is 2.53 bits per heavy atom. The molecular formula is C14H21NOS. The fraction of sp³-hybridized carbons (Fsp3) is 0.500. The summed E-state index contributed by atoms with van der Waals surface area (Å²) >= 11 is 1.80. The van der Waals surface area contributed by atoms with Crippen molar-refractivity contribution in [3.8, 4) is 0 Å². The van der Waals surface area contributed by atoms with E-state index < -0.39 is 0 Å². The molecule has 0 aliphatic rings. The number of aryl methyl sites for hydroxylation is 1. The second-order valence-corrected chi connectivity index (χ2v) is 5.34. The van der Waals surface area contributed by atoms with E-state index in [2.05, 4.69) is 31.3 Å². The number of anilines is 1. The Kier molecular flexibility index (Phi) is 6.78. The molecule has 0 bridgehead atoms. The first-order valence-electron chi connectivity index (χ1n) is 6.22. The van der Waals surface area contributed by atoms with Crippen LogP contribution in [0, 0.1) is 0 Å². The molecule has 1 aromatic rings. The molecule has 0 heterocycles. The van der Waals surface area contributed by atoms with Gasteiger partial charge in [-0.2, -0.15) is 11.8 Å². The summed E-state index contributed by atoms with van der Waals surface area (Å²) in [5.74, 6) is 2.07. The SMILES string of the molecule is CCCc1ccc(NC(=O)CCSCC)cc1. The third-order valence-electron chi connectivity index (χ3n) is 2.45. The minimum Gasteiger partial charge on any atom is -0.326 e. The van der Waals surface area contributed by atoms with Gasteiger partial charge in [0.15, 0.2) is 0 Å². The first-order valence-corrected chi connectivity index (χ1v) is 7.38. The van der Waals surface area contributed by atoms with E-state index in [-0.39, 0.29) is 5.91 Å². The maximum absolute atomic E-state index is 11.6. The van der Waals surface area contributed by atoms with Crippen LogP contribution in [-0.2, 0) is 11.2 Å². The molecule has 1 rings (SSSR count). The van der Waals surface area contributed by atoms with Crippen molar-refractivity contribution in [3.63, 3.8) is 0 Å². The second-order valence-electron chi connectivity index (χ2n) is 3.94. The molecule has 0 radical (unpaired) electrons. The predicted molar refractivity (Wildman–Crippen MR) is 76.7 cm³/mol. The van der Waals surface area contributed by atoms with Crippen molar-refractivity contribution in [2.75, 3.05) is 16.8 Å². The topological polar surface area (TPSA) is 29.1 Å². The average molecular weight is 251 g/mol. The minimum absolute atomic E-state index is 0.106. The Morgan fingerprint density at radius 1 is 1.24 bits per heavy atom. The maximum Gasteiger partial charge on any atom is 0.225 e. The predicted octanol–water partition coefficient (Wildman–Crippen LogP) is 3.72. The van der Waals surface area contributed by atoms with Crippen molar-refractivity contribution < 1.29 is 4.79 Å². The molecule has 1 amide bonds. The number of carbonyl (C=O) groups is 1. The molecule has 0 aliphatic carbocycles. The molecule has 0 aromatic heterocycles. The van der Waals surface area contributed by atoms with E-state index in [1.807, 2.05) is 12.1 Å². The summed E-state index contributed by atoms with van der Waals surface area (Å²) in [6, 6.07) is 8.13. The number of hydrogen-bond donors (Lipinski definition) is 1. The van der Waals surface area contributed by atoms with Gasteiger partial charge in [-0.05, 0) is 29.9 Å². The lowest BCUT2D eigenvalue weighted by molar-refractivity contribution is -0.115. The van der Waals surface area contributed by atoms with E-state index in [0.29, 0.717) is 6.42 Å². The number of carbonyl (C=O) groups excluding carboxylic acids is 1. The number of benzene rings is 1. The fourth-order valence-corrected chi connectivity index (χ4v) is 2.19. The Labute approximate surface area is 108 Å². The van der Waals surface area contributed by atoms with Crippen LogP contribution < -0.4 is 5.32 Å². The molecule has 0 fully saturated rings. The van der Waals surface area contributed by atoms with Crippen LogP contribution >= 0.6 is 11.8 Å². The Morgan fingerprint density at radius 2 is 1.94 bits per heavy atom. The Hall–Kier alpha value is -0.960. The third-order valence-corrected chi connectivity index (χ3v) is 3.36. The van der Waals surface area contributed by atoms with E-state index in [0.717, 1.165) is 30.0 Å². The molecule has 94 valence electrons. The molecular weight excluding hydrogens is 230 g/mol. The molecule has 17 heavy (non-hydrogen) atoms. The van der Waals surface area contributed by atoms with Gasteiger partial charge >= 0.3 is 0 Å². The molecule has 3 heteroatoms. The Bertz CT molecular complexity index is 335. The van der Waals surface area contributed by atoms with Crippen LogP contribution in [0.3, 0.4) is 0 Å². The average Bonchev–Trinajstić information content (AvgIpc) is 2.32. The smallest absolute Gasteiger partial charge is 0.225 e. The normalized spacial score (nSPS) is 10.2. The summed E-state index contributed by atoms with van der Waals surface area (Å²) in [6.45, 7) is 4.27. The van der Waals surface area contributed by atoms with Crippen molar-refractivity contribution in [1.29, 1.82) is 0 Å². The molecule has 1 aromatic carbocycles. The number of thioether (sulfide) groups is 1. The van der Waals surface area contributed by atoms with E-state index in [4.69, 9.17) is 0 Å². The van der Waals surface area contributed by atoms with Crippen LogP contribution in [0.5, 0.6) is 0 Å². The van der Waals surface area contributed by atoms with Crippen molar-refractivity contribution in [2.45, 2.75) is 33.1 Å². The van der Waals surface area contributed by atoms with Crippen LogP contribution in [-0.4, -0.2) is 17.4 Å². The molecule has 1 N–H and O–H groups in total. The monoisotopic (exact) mass is 251 g/mol. The lowest BCUT2D eigenvalue weighted by atomic mass is 10.1. The van der Waals surface area contributed by atoms with Crippen LogP contribution in [0.4, 0.5) is 5.69 Å². The van der Waals surface area contributed by atoms with Gasteiger partial charge in [-0.15, -0.1) is 0 Å². The highest BCUT2D eigenvalue weighted by atomic mass is 32.2. The van der Waals surface area contributed by atoms with E-state index >= 15 is 0 Å². The van der Waals surface area contributed by atoms with E-state index in [9.17, 15) is 4.79 Å². The van der Waals surface area contributed by atoms with Crippen LogP contribution in [0.2, 0.25) is 0 Å². The largest absolute Gasteiger partial charge is 0.326 e. The molecule has 0 spiro atoms. The zero-order valence-electron chi connectivity index (χ0n) is 10.7. The van der Waals surface area contributed by atoms with Crippen molar-refractivity contribution in [1.82, 2.24) is 0 Å². The summed E-state index contributed by atoms with van der Waals surface area (Å²) < 4.78 is 0. The first kappa shape index (κ1) is 14.1. The highest BCUT2D eigenvalue weighted by Crippen LogP contribution is 2.11. The summed E-state index contributed by atoms with van der Waals surface area (Å²) in [5.41, 5.74) is 2.23. The van der Waals surface area contributed by atoms with Gasteiger partial charge in [-0.3, -0.25) is 4.79 Å². The summed E-state index contributed by atoms with van der Waals surface area (Å²) in [4.78, 5) is 11.6. The highest BCUT2D eigenvalue weighted by Gasteiger charge is 2.01. The van der Waals surface area contributed by atoms with Crippen molar-refractivity contribution in [3.05, 3.63) is 29.8 Å². The van der Waals surface area contributed by atoms with Gasteiger partial charge in [0.1, 0.15) is 0 Å². The summed E-state index contributed by atoms with van der Waals surface area (Å²) in [7, 11) is 0. The van der Waals surface area contributed by atoms with Crippen LogP contribution in [0.25, 0.3) is 0 Å². The van der Waals surface area contributed by atoms with Gasteiger partial charge in [0.25, 0.3) is 0 Å². The molecule has 2 nitrogen and oxygen atoms in total. The Balaban J connectivity index is 2.37. The van der Waals surface area contributed by atoms with Gasteiger partial charge < -0.3 is 5.32 Å². The second kappa shape index (κ2) is 8.18. The maximum atomic E-state index is 11.6. The molecule has 0 saturated heterocycles. The third kappa shape index (κ3) is 5.78.